The zero-order valence-electron chi connectivity index (χ0n) is 11.8. The van der Waals surface area contributed by atoms with Gasteiger partial charge in [0.1, 0.15) is 0 Å². The molecule has 0 radical (unpaired) electrons. The molecule has 0 saturated heterocycles. The van der Waals surface area contributed by atoms with Crippen LogP contribution in [0.1, 0.15) is 30.6 Å². The summed E-state index contributed by atoms with van der Waals surface area (Å²) in [7, 11) is 1.72. The molecule has 6 heteroatoms. The average molecular weight is 299 g/mol. The number of carbonyl (C=O) groups is 2. The summed E-state index contributed by atoms with van der Waals surface area (Å²) in [6.45, 7) is 4.80. The average Bonchev–Trinajstić information content (AvgIpc) is 2.37. The molecule has 0 saturated carbocycles. The number of nitrogens with zero attached hydrogens (tertiary/aromatic N) is 1. The van der Waals surface area contributed by atoms with Crippen molar-refractivity contribution in [3.63, 3.8) is 0 Å². The van der Waals surface area contributed by atoms with Gasteiger partial charge in [-0.2, -0.15) is 0 Å². The molecule has 1 atom stereocenters. The van der Waals surface area contributed by atoms with E-state index in [1.165, 1.54) is 18.2 Å². The van der Waals surface area contributed by atoms with Crippen molar-refractivity contribution in [3.8, 4) is 0 Å². The van der Waals surface area contributed by atoms with Gasteiger partial charge in [0.2, 0.25) is 0 Å². The van der Waals surface area contributed by atoms with E-state index in [9.17, 15) is 9.59 Å². The van der Waals surface area contributed by atoms with E-state index in [2.05, 4.69) is 19.2 Å². The Balaban J connectivity index is 2.71. The molecule has 0 aliphatic rings. The van der Waals surface area contributed by atoms with Crippen LogP contribution in [0, 0.1) is 5.92 Å². The van der Waals surface area contributed by atoms with E-state index in [0.29, 0.717) is 18.2 Å². The van der Waals surface area contributed by atoms with Crippen LogP contribution >= 0.6 is 11.6 Å². The Morgan fingerprint density at radius 1 is 1.45 bits per heavy atom. The fourth-order valence-electron chi connectivity index (χ4n) is 1.66. The van der Waals surface area contributed by atoms with E-state index in [0.717, 1.165) is 6.42 Å². The van der Waals surface area contributed by atoms with Gasteiger partial charge in [-0.15, -0.1) is 0 Å². The summed E-state index contributed by atoms with van der Waals surface area (Å²) >= 11 is 5.85. The highest BCUT2D eigenvalue weighted by Gasteiger charge is 2.13. The van der Waals surface area contributed by atoms with E-state index < -0.39 is 5.97 Å². The highest BCUT2D eigenvalue weighted by atomic mass is 35.5. The molecular weight excluding hydrogens is 280 g/mol. The number of carboxylic acids is 1. The Hall–Kier alpha value is -1.75. The smallest absolute Gasteiger partial charge is 0.337 e. The highest BCUT2D eigenvalue weighted by Crippen LogP contribution is 2.21. The Bertz CT molecular complexity index is 505. The van der Waals surface area contributed by atoms with E-state index in [1.807, 2.05) is 0 Å². The van der Waals surface area contributed by atoms with Crippen molar-refractivity contribution >= 4 is 29.3 Å². The fraction of sp³-hybridized carbons (Fsp3) is 0.429. The highest BCUT2D eigenvalue weighted by molar-refractivity contribution is 6.33. The van der Waals surface area contributed by atoms with Gasteiger partial charge in [-0.25, -0.2) is 9.59 Å². The number of carbonyl (C=O) groups excluding carboxylic acids is 1. The molecule has 5 nitrogen and oxygen atoms in total. The molecule has 1 aromatic carbocycles. The summed E-state index contributed by atoms with van der Waals surface area (Å²) in [5.74, 6) is -0.675. The third-order valence-electron chi connectivity index (χ3n) is 3.08. The van der Waals surface area contributed by atoms with Crippen molar-refractivity contribution in [2.75, 3.05) is 18.9 Å². The SMILES string of the molecule is CCC(C)CN(C)C(=O)Nc1ccc(C(=O)O)c(Cl)c1. The lowest BCUT2D eigenvalue weighted by molar-refractivity contribution is 0.0697. The molecule has 1 unspecified atom stereocenters. The van der Waals surface area contributed by atoms with Gasteiger partial charge in [-0.05, 0) is 24.1 Å². The molecule has 110 valence electrons. The van der Waals surface area contributed by atoms with Gasteiger partial charge >= 0.3 is 12.0 Å². The molecule has 2 N–H and O–H groups in total. The minimum atomic E-state index is -1.10. The van der Waals surface area contributed by atoms with Gasteiger partial charge in [-0.1, -0.05) is 31.9 Å². The first kappa shape index (κ1) is 16.3. The third-order valence-corrected chi connectivity index (χ3v) is 3.39. The minimum Gasteiger partial charge on any atom is -0.478 e. The number of hydrogen-bond donors (Lipinski definition) is 2. The first-order valence-corrected chi connectivity index (χ1v) is 6.77. The van der Waals surface area contributed by atoms with Crippen LogP contribution in [0.3, 0.4) is 0 Å². The number of halogens is 1. The summed E-state index contributed by atoms with van der Waals surface area (Å²) in [5, 5.41) is 11.7. The first-order valence-electron chi connectivity index (χ1n) is 6.40. The van der Waals surface area contributed by atoms with Crippen LogP contribution in [0.5, 0.6) is 0 Å². The zero-order valence-corrected chi connectivity index (χ0v) is 12.6. The van der Waals surface area contributed by atoms with Gasteiger partial charge in [0.25, 0.3) is 0 Å². The second-order valence-electron chi connectivity index (χ2n) is 4.82. The van der Waals surface area contributed by atoms with Gasteiger partial charge in [0.15, 0.2) is 0 Å². The van der Waals surface area contributed by atoms with Gasteiger partial charge < -0.3 is 15.3 Å². The van der Waals surface area contributed by atoms with E-state index in [1.54, 1.807) is 11.9 Å². The lowest BCUT2D eigenvalue weighted by Gasteiger charge is -2.21. The second kappa shape index (κ2) is 7.14. The van der Waals surface area contributed by atoms with Crippen molar-refractivity contribution < 1.29 is 14.7 Å². The van der Waals surface area contributed by atoms with Gasteiger partial charge in [0, 0.05) is 19.3 Å². The molecule has 20 heavy (non-hydrogen) atoms. The Kier molecular flexibility index (Phi) is 5.82. The number of anilines is 1. The summed E-state index contributed by atoms with van der Waals surface area (Å²) in [4.78, 5) is 24.4. The predicted molar refractivity (Wildman–Crippen MR) is 79.5 cm³/mol. The third kappa shape index (κ3) is 4.42. The number of benzene rings is 1. The summed E-state index contributed by atoms with van der Waals surface area (Å²) < 4.78 is 0. The summed E-state index contributed by atoms with van der Waals surface area (Å²) in [5.41, 5.74) is 0.485. The maximum atomic E-state index is 11.9. The number of nitrogens with one attached hydrogen (secondary N) is 1. The molecule has 0 aliphatic heterocycles. The normalized spacial score (nSPS) is 11.8. The van der Waals surface area contributed by atoms with Crippen LogP contribution in [-0.4, -0.2) is 35.6 Å². The van der Waals surface area contributed by atoms with Gasteiger partial charge in [0.05, 0.1) is 10.6 Å². The maximum absolute atomic E-state index is 11.9. The lowest BCUT2D eigenvalue weighted by atomic mass is 10.1. The monoisotopic (exact) mass is 298 g/mol. The molecule has 0 spiro atoms. The lowest BCUT2D eigenvalue weighted by Crippen LogP contribution is -2.34. The summed E-state index contributed by atoms with van der Waals surface area (Å²) in [6.07, 6.45) is 0.997. The molecular formula is C14H19ClN2O3. The number of urea groups is 1. The minimum absolute atomic E-state index is 0.0117. The van der Waals surface area contributed by atoms with Crippen molar-refractivity contribution in [2.45, 2.75) is 20.3 Å². The molecule has 1 aromatic rings. The zero-order chi connectivity index (χ0) is 15.3. The van der Waals surface area contributed by atoms with Crippen LogP contribution < -0.4 is 5.32 Å². The van der Waals surface area contributed by atoms with E-state index in [-0.39, 0.29) is 16.6 Å². The molecule has 0 bridgehead atoms. The van der Waals surface area contributed by atoms with E-state index in [4.69, 9.17) is 16.7 Å². The Morgan fingerprint density at radius 2 is 2.10 bits per heavy atom. The number of hydrogen-bond acceptors (Lipinski definition) is 2. The molecule has 0 aromatic heterocycles. The predicted octanol–water partition coefficient (Wildman–Crippen LogP) is 3.55. The fourth-order valence-corrected chi connectivity index (χ4v) is 1.93. The topological polar surface area (TPSA) is 69.6 Å². The van der Waals surface area contributed by atoms with Crippen molar-refractivity contribution in [2.24, 2.45) is 5.92 Å². The van der Waals surface area contributed by atoms with Crippen LogP contribution in [-0.2, 0) is 0 Å². The molecule has 0 heterocycles. The van der Waals surface area contributed by atoms with Crippen LogP contribution in [0.15, 0.2) is 18.2 Å². The molecule has 0 fully saturated rings. The summed E-state index contributed by atoms with van der Waals surface area (Å²) in [6, 6.07) is 4.07. The van der Waals surface area contributed by atoms with E-state index >= 15 is 0 Å². The molecule has 0 aliphatic carbocycles. The van der Waals surface area contributed by atoms with Gasteiger partial charge in [-0.3, -0.25) is 0 Å². The number of rotatable bonds is 5. The van der Waals surface area contributed by atoms with Crippen molar-refractivity contribution in [1.82, 2.24) is 4.90 Å². The Morgan fingerprint density at radius 3 is 2.60 bits per heavy atom. The Labute approximate surface area is 123 Å². The first-order chi connectivity index (χ1) is 9.35. The van der Waals surface area contributed by atoms with Crippen LogP contribution in [0.4, 0.5) is 10.5 Å². The quantitative estimate of drug-likeness (QED) is 0.873. The van der Waals surface area contributed by atoms with Crippen LogP contribution in [0.25, 0.3) is 0 Å². The number of aromatic carboxylic acids is 1. The number of carboxylic acid groups (broad SMARTS) is 1. The van der Waals surface area contributed by atoms with Crippen molar-refractivity contribution in [1.29, 1.82) is 0 Å². The van der Waals surface area contributed by atoms with Crippen LogP contribution in [0.2, 0.25) is 5.02 Å². The molecule has 1 rings (SSSR count). The largest absolute Gasteiger partial charge is 0.478 e. The number of amides is 2. The maximum Gasteiger partial charge on any atom is 0.337 e. The standard InChI is InChI=1S/C14H19ClN2O3/c1-4-9(2)8-17(3)14(20)16-10-5-6-11(13(18)19)12(15)7-10/h5-7,9H,4,8H2,1-3H3,(H,16,20)(H,18,19). The van der Waals surface area contributed by atoms with Crippen molar-refractivity contribution in [3.05, 3.63) is 28.8 Å². The molecule has 2 amide bonds. The second-order valence-corrected chi connectivity index (χ2v) is 5.23.